The molecule has 1 amide bonds. The van der Waals surface area contributed by atoms with Crippen molar-refractivity contribution < 1.29 is 22.5 Å². The van der Waals surface area contributed by atoms with Crippen LogP contribution in [0.15, 0.2) is 46.3 Å². The third-order valence-corrected chi connectivity index (χ3v) is 7.71. The second-order valence-electron chi connectivity index (χ2n) is 7.69. The Kier molecular flexibility index (Phi) is 7.17. The molecule has 0 N–H and O–H groups in total. The summed E-state index contributed by atoms with van der Waals surface area (Å²) in [6.45, 7) is 8.45. The van der Waals surface area contributed by atoms with Crippen LogP contribution in [0.1, 0.15) is 29.9 Å². The molecular weight excluding hydrogens is 418 g/mol. The molecule has 8 nitrogen and oxygen atoms in total. The van der Waals surface area contributed by atoms with Crippen molar-refractivity contribution in [2.45, 2.75) is 38.1 Å². The Hall–Kier alpha value is -2.65. The Morgan fingerprint density at radius 3 is 2.45 bits per heavy atom. The Bertz CT molecular complexity index is 1000. The lowest BCUT2D eigenvalue weighted by atomic mass is 9.96. The third-order valence-electron chi connectivity index (χ3n) is 5.56. The van der Waals surface area contributed by atoms with Crippen molar-refractivity contribution in [3.63, 3.8) is 0 Å². The van der Waals surface area contributed by atoms with E-state index in [1.54, 1.807) is 31.9 Å². The molecular formula is C22H29N3O5S. The van der Waals surface area contributed by atoms with Crippen LogP contribution in [0.2, 0.25) is 0 Å². The zero-order chi connectivity index (χ0) is 22.6. The molecule has 1 saturated heterocycles. The summed E-state index contributed by atoms with van der Waals surface area (Å²) in [4.78, 5) is 15.1. The van der Waals surface area contributed by atoms with E-state index < -0.39 is 10.0 Å². The summed E-state index contributed by atoms with van der Waals surface area (Å²) < 4.78 is 37.6. The highest BCUT2D eigenvalue weighted by Crippen LogP contribution is 2.28. The number of carbonyl (C=O) groups is 1. The molecule has 1 aliphatic rings. The number of ether oxygens (including phenoxy) is 1. The molecule has 1 aromatic carbocycles. The van der Waals surface area contributed by atoms with Crippen LogP contribution in [0.5, 0.6) is 5.75 Å². The summed E-state index contributed by atoms with van der Waals surface area (Å²) in [5.41, 5.74) is 1.35. The summed E-state index contributed by atoms with van der Waals surface area (Å²) in [6, 6.07) is 7.59. The van der Waals surface area contributed by atoms with Gasteiger partial charge in [-0.25, -0.2) is 8.42 Å². The van der Waals surface area contributed by atoms with Gasteiger partial charge in [0.05, 0.1) is 7.11 Å². The number of aromatic nitrogens is 1. The van der Waals surface area contributed by atoms with Gasteiger partial charge < -0.3 is 14.2 Å². The Morgan fingerprint density at radius 2 is 1.94 bits per heavy atom. The third kappa shape index (κ3) is 4.99. The van der Waals surface area contributed by atoms with Crippen molar-refractivity contribution in [2.24, 2.45) is 5.92 Å². The molecule has 1 aromatic heterocycles. The molecule has 0 radical (unpaired) electrons. The fraction of sp³-hybridized carbons (Fsp3) is 0.455. The van der Waals surface area contributed by atoms with Gasteiger partial charge in [0, 0.05) is 32.1 Å². The molecule has 2 aromatic rings. The van der Waals surface area contributed by atoms with Crippen molar-refractivity contribution in [1.82, 2.24) is 14.4 Å². The molecule has 31 heavy (non-hydrogen) atoms. The molecule has 0 saturated carbocycles. The molecule has 9 heteroatoms. The van der Waals surface area contributed by atoms with E-state index in [2.05, 4.69) is 11.7 Å². The minimum atomic E-state index is -3.69. The largest absolute Gasteiger partial charge is 0.497 e. The summed E-state index contributed by atoms with van der Waals surface area (Å²) in [5.74, 6) is 0.837. The van der Waals surface area contributed by atoms with Crippen molar-refractivity contribution in [1.29, 1.82) is 0 Å². The van der Waals surface area contributed by atoms with E-state index in [-0.39, 0.29) is 35.6 Å². The number of amides is 1. The molecule has 0 unspecified atom stereocenters. The molecule has 0 spiro atoms. The van der Waals surface area contributed by atoms with Crippen LogP contribution in [0.25, 0.3) is 0 Å². The first kappa shape index (κ1) is 23.0. The van der Waals surface area contributed by atoms with Gasteiger partial charge >= 0.3 is 0 Å². The number of aryl methyl sites for hydroxylation is 2. The Morgan fingerprint density at radius 1 is 1.29 bits per heavy atom. The topological polar surface area (TPSA) is 93.0 Å². The highest BCUT2D eigenvalue weighted by molar-refractivity contribution is 7.89. The number of rotatable bonds is 8. The quantitative estimate of drug-likeness (QED) is 0.578. The van der Waals surface area contributed by atoms with Crippen LogP contribution >= 0.6 is 0 Å². The van der Waals surface area contributed by atoms with Crippen LogP contribution in [0, 0.1) is 19.8 Å². The number of nitrogens with zero attached hydrogens (tertiary/aromatic N) is 3. The van der Waals surface area contributed by atoms with Gasteiger partial charge in [0.15, 0.2) is 5.76 Å². The number of benzene rings is 1. The van der Waals surface area contributed by atoms with Crippen LogP contribution in [-0.2, 0) is 21.4 Å². The lowest BCUT2D eigenvalue weighted by Crippen LogP contribution is -2.44. The van der Waals surface area contributed by atoms with Gasteiger partial charge in [-0.3, -0.25) is 4.79 Å². The molecule has 0 bridgehead atoms. The summed E-state index contributed by atoms with van der Waals surface area (Å²) in [5, 5.41) is 3.76. The lowest BCUT2D eigenvalue weighted by Gasteiger charge is -2.33. The summed E-state index contributed by atoms with van der Waals surface area (Å²) >= 11 is 0. The second kappa shape index (κ2) is 9.65. The molecule has 1 fully saturated rings. The smallest absolute Gasteiger partial charge is 0.248 e. The standard InChI is InChI=1S/C22H29N3O5S/c1-5-12-24(15-18-6-8-20(29-4)9-7-18)22(26)19-10-13-25(14-11-19)31(27,28)21-16(2)23-30-17(21)3/h5-9,19H,1,10-15H2,2-4H3. The van der Waals surface area contributed by atoms with Crippen molar-refractivity contribution in [3.8, 4) is 5.75 Å². The molecule has 2 heterocycles. The van der Waals surface area contributed by atoms with Gasteiger partial charge in [-0.15, -0.1) is 6.58 Å². The molecule has 0 atom stereocenters. The highest BCUT2D eigenvalue weighted by atomic mass is 32.2. The fourth-order valence-electron chi connectivity index (χ4n) is 3.91. The maximum atomic E-state index is 13.2. The van der Waals surface area contributed by atoms with Gasteiger partial charge in [-0.2, -0.15) is 4.31 Å². The fourth-order valence-corrected chi connectivity index (χ4v) is 5.67. The number of carbonyl (C=O) groups excluding carboxylic acids is 1. The van der Waals surface area contributed by atoms with Gasteiger partial charge in [0.25, 0.3) is 0 Å². The zero-order valence-corrected chi connectivity index (χ0v) is 19.0. The predicted molar refractivity (Wildman–Crippen MR) is 116 cm³/mol. The molecule has 0 aliphatic carbocycles. The minimum Gasteiger partial charge on any atom is -0.497 e. The van der Waals surface area contributed by atoms with Gasteiger partial charge in [-0.05, 0) is 44.4 Å². The lowest BCUT2D eigenvalue weighted by molar-refractivity contribution is -0.136. The Balaban J connectivity index is 1.66. The van der Waals surface area contributed by atoms with Gasteiger partial charge in [-0.1, -0.05) is 23.4 Å². The van der Waals surface area contributed by atoms with Crippen LogP contribution in [0.4, 0.5) is 0 Å². The average Bonchev–Trinajstić information content (AvgIpc) is 3.12. The monoisotopic (exact) mass is 447 g/mol. The summed E-state index contributed by atoms with van der Waals surface area (Å²) in [7, 11) is -2.08. The van der Waals surface area contributed by atoms with E-state index in [1.807, 2.05) is 24.3 Å². The number of sulfonamides is 1. The van der Waals surface area contributed by atoms with E-state index in [9.17, 15) is 13.2 Å². The van der Waals surface area contributed by atoms with Crippen LogP contribution < -0.4 is 4.74 Å². The van der Waals surface area contributed by atoms with E-state index >= 15 is 0 Å². The first-order valence-electron chi connectivity index (χ1n) is 10.2. The van der Waals surface area contributed by atoms with Crippen LogP contribution in [0.3, 0.4) is 0 Å². The SMILES string of the molecule is C=CCN(Cc1ccc(OC)cc1)C(=O)C1CCN(S(=O)(=O)c2c(C)noc2C)CC1. The van der Waals surface area contributed by atoms with Crippen molar-refractivity contribution in [2.75, 3.05) is 26.7 Å². The first-order valence-corrected chi connectivity index (χ1v) is 11.7. The van der Waals surface area contributed by atoms with E-state index in [4.69, 9.17) is 9.26 Å². The average molecular weight is 448 g/mol. The van der Waals surface area contributed by atoms with Crippen molar-refractivity contribution >= 4 is 15.9 Å². The zero-order valence-electron chi connectivity index (χ0n) is 18.2. The second-order valence-corrected chi connectivity index (χ2v) is 9.56. The highest BCUT2D eigenvalue weighted by Gasteiger charge is 2.36. The number of methoxy groups -OCH3 is 1. The molecule has 1 aliphatic heterocycles. The number of hydrogen-bond donors (Lipinski definition) is 0. The first-order chi connectivity index (χ1) is 14.8. The van der Waals surface area contributed by atoms with Gasteiger partial charge in [0.2, 0.25) is 15.9 Å². The van der Waals surface area contributed by atoms with E-state index in [0.717, 1.165) is 11.3 Å². The van der Waals surface area contributed by atoms with Crippen LogP contribution in [-0.4, -0.2) is 55.4 Å². The maximum absolute atomic E-state index is 13.2. The molecule has 168 valence electrons. The van der Waals surface area contributed by atoms with Gasteiger partial charge in [0.1, 0.15) is 16.3 Å². The number of hydrogen-bond acceptors (Lipinski definition) is 6. The van der Waals surface area contributed by atoms with E-state index in [1.165, 1.54) is 4.31 Å². The number of piperidine rings is 1. The van der Waals surface area contributed by atoms with Crippen molar-refractivity contribution in [3.05, 3.63) is 53.9 Å². The summed E-state index contributed by atoms with van der Waals surface area (Å²) in [6.07, 6.45) is 2.65. The molecule has 3 rings (SSSR count). The predicted octanol–water partition coefficient (Wildman–Crippen LogP) is 2.92. The van der Waals surface area contributed by atoms with E-state index in [0.29, 0.717) is 31.6 Å². The maximum Gasteiger partial charge on any atom is 0.248 e. The minimum absolute atomic E-state index is 0.0186. The normalized spacial score (nSPS) is 15.6. The Labute approximate surface area is 183 Å².